The van der Waals surface area contributed by atoms with Crippen LogP contribution in [0.3, 0.4) is 0 Å². The molecule has 0 saturated carbocycles. The molecule has 24 heavy (non-hydrogen) atoms. The fourth-order valence-corrected chi connectivity index (χ4v) is 3.19. The highest BCUT2D eigenvalue weighted by atomic mass is 16.5. The van der Waals surface area contributed by atoms with Crippen molar-refractivity contribution in [1.29, 1.82) is 0 Å². The molecule has 2 aromatic carbocycles. The quantitative estimate of drug-likeness (QED) is 0.935. The maximum absolute atomic E-state index is 12.4. The van der Waals surface area contributed by atoms with Crippen LogP contribution in [0.1, 0.15) is 24.5 Å². The number of hydrogen-bond acceptors (Lipinski definition) is 5. The minimum Gasteiger partial charge on any atom is -0.497 e. The molecule has 0 amide bonds. The zero-order chi connectivity index (χ0) is 17.5. The number of ether oxygens (including phenoxy) is 2. The van der Waals surface area contributed by atoms with Gasteiger partial charge in [0.15, 0.2) is 11.4 Å². The van der Waals surface area contributed by atoms with Gasteiger partial charge in [-0.2, -0.15) is 0 Å². The maximum Gasteiger partial charge on any atom is 0.195 e. The van der Waals surface area contributed by atoms with E-state index in [9.17, 15) is 14.7 Å². The molecule has 0 unspecified atom stereocenters. The predicted molar refractivity (Wildman–Crippen MR) is 89.7 cm³/mol. The molecular formula is C19H18O5. The number of carbonyl (C=O) groups excluding carboxylic acids is 2. The van der Waals surface area contributed by atoms with Crippen molar-refractivity contribution in [2.24, 2.45) is 0 Å². The minimum atomic E-state index is -1.86. The third-order valence-corrected chi connectivity index (χ3v) is 4.31. The van der Waals surface area contributed by atoms with Crippen molar-refractivity contribution in [1.82, 2.24) is 0 Å². The Morgan fingerprint density at radius 1 is 1.17 bits per heavy atom. The third-order valence-electron chi connectivity index (χ3n) is 4.31. The van der Waals surface area contributed by atoms with Crippen LogP contribution in [-0.4, -0.2) is 30.9 Å². The van der Waals surface area contributed by atoms with Crippen molar-refractivity contribution in [3.63, 3.8) is 0 Å². The molecule has 0 saturated heterocycles. The van der Waals surface area contributed by atoms with E-state index < -0.39 is 11.4 Å². The molecule has 5 heteroatoms. The molecule has 3 rings (SSSR count). The molecule has 0 spiro atoms. The number of rotatable bonds is 4. The van der Waals surface area contributed by atoms with Crippen LogP contribution in [0.2, 0.25) is 0 Å². The van der Waals surface area contributed by atoms with E-state index in [0.717, 1.165) is 10.8 Å². The zero-order valence-corrected chi connectivity index (χ0v) is 13.8. The van der Waals surface area contributed by atoms with Crippen LogP contribution in [0.5, 0.6) is 5.75 Å². The van der Waals surface area contributed by atoms with Gasteiger partial charge in [-0.05, 0) is 35.9 Å². The third kappa shape index (κ3) is 2.37. The molecule has 1 N–H and O–H groups in total. The Kier molecular flexibility index (Phi) is 3.89. The van der Waals surface area contributed by atoms with Crippen molar-refractivity contribution < 1.29 is 24.2 Å². The van der Waals surface area contributed by atoms with E-state index in [1.165, 1.54) is 20.1 Å². The lowest BCUT2D eigenvalue weighted by Gasteiger charge is -2.32. The van der Waals surface area contributed by atoms with Gasteiger partial charge in [-0.3, -0.25) is 9.59 Å². The summed E-state index contributed by atoms with van der Waals surface area (Å²) in [5, 5.41) is 12.6. The van der Waals surface area contributed by atoms with E-state index in [-0.39, 0.29) is 12.2 Å². The number of fused-ring (bicyclic) bond motifs is 3. The number of carbonyl (C=O) groups is 2. The molecule has 0 radical (unpaired) electrons. The van der Waals surface area contributed by atoms with Gasteiger partial charge in [0.2, 0.25) is 0 Å². The Labute approximate surface area is 139 Å². The monoisotopic (exact) mass is 326 g/mol. The molecule has 5 nitrogen and oxygen atoms in total. The Bertz CT molecular complexity index is 881. The van der Waals surface area contributed by atoms with E-state index in [0.29, 0.717) is 22.6 Å². The van der Waals surface area contributed by atoms with Gasteiger partial charge in [-0.15, -0.1) is 0 Å². The van der Waals surface area contributed by atoms with Crippen LogP contribution < -0.4 is 4.74 Å². The topological polar surface area (TPSA) is 72.8 Å². The van der Waals surface area contributed by atoms with E-state index in [4.69, 9.17) is 9.47 Å². The fourth-order valence-electron chi connectivity index (χ4n) is 3.19. The van der Waals surface area contributed by atoms with Gasteiger partial charge in [0.05, 0.1) is 14.2 Å². The molecule has 1 aliphatic carbocycles. The highest BCUT2D eigenvalue weighted by Gasteiger charge is 2.43. The van der Waals surface area contributed by atoms with Gasteiger partial charge in [0.25, 0.3) is 0 Å². The first kappa shape index (κ1) is 16.2. The van der Waals surface area contributed by atoms with Gasteiger partial charge < -0.3 is 14.6 Å². The summed E-state index contributed by atoms with van der Waals surface area (Å²) in [4.78, 5) is 24.0. The van der Waals surface area contributed by atoms with Crippen molar-refractivity contribution in [3.8, 4) is 5.75 Å². The molecule has 1 aliphatic rings. The second kappa shape index (κ2) is 5.76. The molecule has 2 aromatic rings. The average Bonchev–Trinajstić information content (AvgIpc) is 2.56. The summed E-state index contributed by atoms with van der Waals surface area (Å²) in [6, 6.07) is 8.99. The molecule has 124 valence electrons. The summed E-state index contributed by atoms with van der Waals surface area (Å²) in [7, 11) is 3.06. The van der Waals surface area contributed by atoms with E-state index in [2.05, 4.69) is 0 Å². The first-order chi connectivity index (χ1) is 11.4. The Morgan fingerprint density at radius 2 is 1.92 bits per heavy atom. The van der Waals surface area contributed by atoms with Crippen molar-refractivity contribution in [2.75, 3.05) is 14.2 Å². The molecule has 0 aromatic heterocycles. The largest absolute Gasteiger partial charge is 0.497 e. The summed E-state index contributed by atoms with van der Waals surface area (Å²) in [6.45, 7) is 1.35. The standard InChI is InChI=1S/C19H18O5/c1-11(20)10-19(22)15-7-4-12-8-13(23-2)5-6-14(12)18(15)16(24-3)9-17(19)21/h4-9,22H,10H2,1-3H3/t19-/m1/s1. The van der Waals surface area contributed by atoms with Gasteiger partial charge in [0, 0.05) is 23.6 Å². The number of ketones is 2. The lowest BCUT2D eigenvalue weighted by Crippen LogP contribution is -2.39. The van der Waals surface area contributed by atoms with Crippen LogP contribution in [0.25, 0.3) is 16.5 Å². The van der Waals surface area contributed by atoms with Gasteiger partial charge >= 0.3 is 0 Å². The number of Topliss-reactive ketones (excluding diaryl/α,β-unsaturated/α-hetero) is 1. The van der Waals surface area contributed by atoms with E-state index in [1.807, 2.05) is 12.1 Å². The van der Waals surface area contributed by atoms with Crippen LogP contribution in [-0.2, 0) is 19.9 Å². The second-order valence-corrected chi connectivity index (χ2v) is 5.89. The van der Waals surface area contributed by atoms with Crippen LogP contribution >= 0.6 is 0 Å². The van der Waals surface area contributed by atoms with Crippen LogP contribution in [0, 0.1) is 0 Å². The lowest BCUT2D eigenvalue weighted by atomic mass is 9.76. The number of aliphatic hydroxyl groups is 1. The smallest absolute Gasteiger partial charge is 0.195 e. The normalized spacial score (nSPS) is 19.7. The molecule has 0 heterocycles. The number of methoxy groups -OCH3 is 2. The molecule has 1 atom stereocenters. The molecule has 0 aliphatic heterocycles. The second-order valence-electron chi connectivity index (χ2n) is 5.89. The fraction of sp³-hybridized carbons (Fsp3) is 0.263. The molecule has 0 bridgehead atoms. The van der Waals surface area contributed by atoms with Crippen molar-refractivity contribution in [2.45, 2.75) is 18.9 Å². The lowest BCUT2D eigenvalue weighted by molar-refractivity contribution is -0.139. The first-order valence-electron chi connectivity index (χ1n) is 7.54. The average molecular weight is 326 g/mol. The van der Waals surface area contributed by atoms with Gasteiger partial charge in [-0.1, -0.05) is 12.1 Å². The summed E-state index contributed by atoms with van der Waals surface area (Å²) in [6.07, 6.45) is 0.989. The highest BCUT2D eigenvalue weighted by molar-refractivity contribution is 6.11. The van der Waals surface area contributed by atoms with Crippen LogP contribution in [0.4, 0.5) is 0 Å². The minimum absolute atomic E-state index is 0.263. The molecular weight excluding hydrogens is 308 g/mol. The summed E-state index contributed by atoms with van der Waals surface area (Å²) >= 11 is 0. The number of hydrogen-bond donors (Lipinski definition) is 1. The maximum atomic E-state index is 12.4. The Hall–Kier alpha value is -2.66. The summed E-state index contributed by atoms with van der Waals surface area (Å²) in [5.74, 6) is 0.270. The Balaban J connectivity index is 2.33. The Morgan fingerprint density at radius 3 is 2.54 bits per heavy atom. The highest BCUT2D eigenvalue weighted by Crippen LogP contribution is 2.42. The van der Waals surface area contributed by atoms with Gasteiger partial charge in [-0.25, -0.2) is 0 Å². The first-order valence-corrected chi connectivity index (χ1v) is 7.54. The zero-order valence-electron chi connectivity index (χ0n) is 13.8. The van der Waals surface area contributed by atoms with E-state index >= 15 is 0 Å². The van der Waals surface area contributed by atoms with Crippen molar-refractivity contribution in [3.05, 3.63) is 47.5 Å². The van der Waals surface area contributed by atoms with E-state index in [1.54, 1.807) is 25.3 Å². The van der Waals surface area contributed by atoms with Gasteiger partial charge in [0.1, 0.15) is 17.3 Å². The summed E-state index contributed by atoms with van der Waals surface area (Å²) in [5.41, 5.74) is -0.849. The molecule has 0 fully saturated rings. The SMILES string of the molecule is COC1=CC(=O)[C@@](O)(CC(C)=O)c2ccc3cc(OC)ccc3c21. The predicted octanol–water partition coefficient (Wildman–Crippen LogP) is 2.59. The van der Waals surface area contributed by atoms with Crippen molar-refractivity contribution >= 4 is 28.1 Å². The van der Waals surface area contributed by atoms with Crippen LogP contribution in [0.15, 0.2) is 36.4 Å². The number of benzene rings is 2. The summed E-state index contributed by atoms with van der Waals surface area (Å²) < 4.78 is 10.6.